The van der Waals surface area contributed by atoms with Crippen LogP contribution in [0.3, 0.4) is 0 Å². The summed E-state index contributed by atoms with van der Waals surface area (Å²) in [5.41, 5.74) is 0.800. The molecule has 0 atom stereocenters. The Labute approximate surface area is 114 Å². The molecule has 7 nitrogen and oxygen atoms in total. The first-order valence-electron chi connectivity index (χ1n) is 6.04. The van der Waals surface area contributed by atoms with Gasteiger partial charge in [0.05, 0.1) is 6.54 Å². The molecule has 1 amide bonds. The highest BCUT2D eigenvalue weighted by molar-refractivity contribution is 6.30. The van der Waals surface area contributed by atoms with E-state index in [-0.39, 0.29) is 12.5 Å². The minimum absolute atomic E-state index is 0.00176. The van der Waals surface area contributed by atoms with Crippen molar-refractivity contribution in [2.24, 2.45) is 0 Å². The average molecular weight is 281 g/mol. The Morgan fingerprint density at radius 2 is 2.32 bits per heavy atom. The van der Waals surface area contributed by atoms with Crippen LogP contribution in [0.1, 0.15) is 12.0 Å². The number of rotatable bonds is 1. The second-order valence-electron chi connectivity index (χ2n) is 4.45. The predicted molar refractivity (Wildman–Crippen MR) is 70.4 cm³/mol. The summed E-state index contributed by atoms with van der Waals surface area (Å²) in [6.45, 7) is 3.60. The smallest absolute Gasteiger partial charge is 0.255 e. The first kappa shape index (κ1) is 12.2. The van der Waals surface area contributed by atoms with Crippen LogP contribution in [0.25, 0.3) is 5.78 Å². The Hall–Kier alpha value is -1.89. The van der Waals surface area contributed by atoms with Gasteiger partial charge in [-0.3, -0.25) is 4.79 Å². The van der Waals surface area contributed by atoms with Crippen LogP contribution in [-0.4, -0.2) is 45.1 Å². The largest absolute Gasteiger partial charge is 0.354 e. The van der Waals surface area contributed by atoms with Crippen LogP contribution in [-0.2, 0) is 4.79 Å². The van der Waals surface area contributed by atoms with E-state index in [1.807, 2.05) is 11.8 Å². The van der Waals surface area contributed by atoms with Gasteiger partial charge in [0.1, 0.15) is 17.3 Å². The molecule has 100 valence electrons. The summed E-state index contributed by atoms with van der Waals surface area (Å²) in [6, 6.07) is 0. The third-order valence-electron chi connectivity index (χ3n) is 3.13. The minimum Gasteiger partial charge on any atom is -0.354 e. The molecule has 0 bridgehead atoms. The number of amides is 1. The highest BCUT2D eigenvalue weighted by atomic mass is 35.5. The van der Waals surface area contributed by atoms with Crippen LogP contribution >= 0.6 is 11.6 Å². The normalized spacial score (nSPS) is 16.5. The molecule has 0 spiro atoms. The first-order chi connectivity index (χ1) is 9.16. The summed E-state index contributed by atoms with van der Waals surface area (Å²) in [4.78, 5) is 21.9. The number of aromatic nitrogens is 4. The molecule has 3 rings (SSSR count). The standard InChI is InChI=1S/C11H13ClN6O/c1-7-9(12)16-11-14-6-15-18(11)10(7)17-4-2-3-13-8(19)5-17/h6H,2-5H2,1H3,(H,13,19). The molecule has 0 unspecified atom stereocenters. The van der Waals surface area contributed by atoms with Crippen LogP contribution < -0.4 is 10.2 Å². The summed E-state index contributed by atoms with van der Waals surface area (Å²) in [7, 11) is 0. The zero-order valence-corrected chi connectivity index (χ0v) is 11.2. The molecule has 1 N–H and O–H groups in total. The maximum atomic E-state index is 11.7. The summed E-state index contributed by atoms with van der Waals surface area (Å²) in [6.07, 6.45) is 2.31. The van der Waals surface area contributed by atoms with Gasteiger partial charge >= 0.3 is 0 Å². The van der Waals surface area contributed by atoms with Crippen molar-refractivity contribution >= 4 is 29.1 Å². The molecule has 0 aromatic carbocycles. The van der Waals surface area contributed by atoms with Crippen LogP contribution in [0.15, 0.2) is 6.33 Å². The lowest BCUT2D eigenvalue weighted by atomic mass is 10.3. The highest BCUT2D eigenvalue weighted by Gasteiger charge is 2.22. The minimum atomic E-state index is -0.00176. The van der Waals surface area contributed by atoms with Crippen molar-refractivity contribution in [1.29, 1.82) is 0 Å². The fraction of sp³-hybridized carbons (Fsp3) is 0.455. The molecule has 2 aromatic rings. The number of nitrogens with one attached hydrogen (secondary N) is 1. The topological polar surface area (TPSA) is 75.4 Å². The van der Waals surface area contributed by atoms with Gasteiger partial charge in [-0.25, -0.2) is 0 Å². The number of hydrogen-bond acceptors (Lipinski definition) is 5. The van der Waals surface area contributed by atoms with E-state index in [1.165, 1.54) is 6.33 Å². The Morgan fingerprint density at radius 1 is 1.47 bits per heavy atom. The lowest BCUT2D eigenvalue weighted by Crippen LogP contribution is -2.34. The number of carbonyl (C=O) groups excluding carboxylic acids is 1. The van der Waals surface area contributed by atoms with Crippen LogP contribution in [0, 0.1) is 6.92 Å². The maximum Gasteiger partial charge on any atom is 0.255 e. The summed E-state index contributed by atoms with van der Waals surface area (Å²) in [5, 5.41) is 7.40. The summed E-state index contributed by atoms with van der Waals surface area (Å²) in [5.74, 6) is 1.22. The van der Waals surface area contributed by atoms with E-state index in [0.717, 1.165) is 24.3 Å². The lowest BCUT2D eigenvalue weighted by molar-refractivity contribution is -0.119. The van der Waals surface area contributed by atoms with Gasteiger partial charge in [-0.05, 0) is 13.3 Å². The maximum absolute atomic E-state index is 11.7. The van der Waals surface area contributed by atoms with Gasteiger partial charge < -0.3 is 10.2 Å². The molecule has 0 aliphatic carbocycles. The Bertz CT molecular complexity index is 639. The summed E-state index contributed by atoms with van der Waals surface area (Å²) < 4.78 is 1.62. The third-order valence-corrected chi connectivity index (χ3v) is 3.50. The van der Waals surface area contributed by atoms with E-state index >= 15 is 0 Å². The molecular formula is C11H13ClN6O. The average Bonchev–Trinajstić information content (AvgIpc) is 2.71. The van der Waals surface area contributed by atoms with Gasteiger partial charge in [-0.15, -0.1) is 0 Å². The molecule has 1 saturated heterocycles. The van der Waals surface area contributed by atoms with E-state index in [4.69, 9.17) is 11.6 Å². The third kappa shape index (κ3) is 2.10. The fourth-order valence-electron chi connectivity index (χ4n) is 2.24. The molecule has 3 heterocycles. The Kier molecular flexibility index (Phi) is 2.98. The zero-order valence-electron chi connectivity index (χ0n) is 10.4. The van der Waals surface area contributed by atoms with Crippen molar-refractivity contribution in [2.75, 3.05) is 24.5 Å². The van der Waals surface area contributed by atoms with Gasteiger partial charge in [0.25, 0.3) is 5.78 Å². The Morgan fingerprint density at radius 3 is 3.16 bits per heavy atom. The van der Waals surface area contributed by atoms with Gasteiger partial charge in [0, 0.05) is 18.7 Å². The fourth-order valence-corrected chi connectivity index (χ4v) is 2.40. The number of halogens is 1. The molecule has 8 heteroatoms. The van der Waals surface area contributed by atoms with E-state index in [2.05, 4.69) is 20.4 Å². The summed E-state index contributed by atoms with van der Waals surface area (Å²) >= 11 is 6.13. The number of hydrogen-bond donors (Lipinski definition) is 1. The van der Waals surface area contributed by atoms with Crippen LogP contribution in [0.2, 0.25) is 5.15 Å². The molecule has 2 aromatic heterocycles. The van der Waals surface area contributed by atoms with Crippen LogP contribution in [0.4, 0.5) is 5.82 Å². The molecule has 19 heavy (non-hydrogen) atoms. The van der Waals surface area contributed by atoms with Gasteiger partial charge in [-0.1, -0.05) is 11.6 Å². The van der Waals surface area contributed by atoms with Gasteiger partial charge in [0.15, 0.2) is 0 Å². The highest BCUT2D eigenvalue weighted by Crippen LogP contribution is 2.26. The molecule has 1 fully saturated rings. The van der Waals surface area contributed by atoms with E-state index in [0.29, 0.717) is 17.5 Å². The molecule has 0 radical (unpaired) electrons. The van der Waals surface area contributed by atoms with E-state index in [9.17, 15) is 4.79 Å². The quantitative estimate of drug-likeness (QED) is 0.766. The van der Waals surface area contributed by atoms with Crippen molar-refractivity contribution in [3.05, 3.63) is 17.0 Å². The SMILES string of the molecule is Cc1c(Cl)nc2ncnn2c1N1CCCNC(=O)C1. The van der Waals surface area contributed by atoms with Crippen molar-refractivity contribution in [2.45, 2.75) is 13.3 Å². The monoisotopic (exact) mass is 280 g/mol. The van der Waals surface area contributed by atoms with Gasteiger partial charge in [-0.2, -0.15) is 19.6 Å². The number of fused-ring (bicyclic) bond motifs is 1. The van der Waals surface area contributed by atoms with E-state index < -0.39 is 0 Å². The van der Waals surface area contributed by atoms with Crippen molar-refractivity contribution in [1.82, 2.24) is 24.9 Å². The molecular weight excluding hydrogens is 268 g/mol. The van der Waals surface area contributed by atoms with Crippen LogP contribution in [0.5, 0.6) is 0 Å². The molecule has 0 saturated carbocycles. The van der Waals surface area contributed by atoms with Crippen molar-refractivity contribution in [3.8, 4) is 0 Å². The Balaban J connectivity index is 2.14. The first-order valence-corrected chi connectivity index (χ1v) is 6.42. The molecule has 1 aliphatic heterocycles. The van der Waals surface area contributed by atoms with Gasteiger partial charge in [0.2, 0.25) is 5.91 Å². The number of nitrogens with zero attached hydrogens (tertiary/aromatic N) is 5. The zero-order chi connectivity index (χ0) is 13.4. The second kappa shape index (κ2) is 4.65. The number of carbonyl (C=O) groups is 1. The molecule has 1 aliphatic rings. The second-order valence-corrected chi connectivity index (χ2v) is 4.81. The number of anilines is 1. The van der Waals surface area contributed by atoms with E-state index in [1.54, 1.807) is 4.52 Å². The predicted octanol–water partition coefficient (Wildman–Crippen LogP) is 0.412. The lowest BCUT2D eigenvalue weighted by Gasteiger charge is -2.23. The van der Waals surface area contributed by atoms with Crippen molar-refractivity contribution in [3.63, 3.8) is 0 Å². The van der Waals surface area contributed by atoms with Crippen molar-refractivity contribution < 1.29 is 4.79 Å².